The van der Waals surface area contributed by atoms with E-state index in [1.165, 1.54) is 32.7 Å². The molecule has 9 N–H and O–H groups in total. The molecule has 1 fully saturated rings. The van der Waals surface area contributed by atoms with Crippen LogP contribution in [0, 0.1) is 0 Å². The van der Waals surface area contributed by atoms with E-state index in [2.05, 4.69) is 11.1 Å². The van der Waals surface area contributed by atoms with Gasteiger partial charge in [-0.2, -0.15) is 0 Å². The van der Waals surface area contributed by atoms with Gasteiger partial charge in [0, 0.05) is 0 Å². The van der Waals surface area contributed by atoms with Crippen LogP contribution in [0.15, 0.2) is 0 Å². The van der Waals surface area contributed by atoms with E-state index in [1.54, 1.807) is 4.90 Å². The molecule has 0 saturated carbocycles. The summed E-state index contributed by atoms with van der Waals surface area (Å²) in [6, 6.07) is 0. The van der Waals surface area contributed by atoms with Gasteiger partial charge in [-0.3, -0.25) is 4.57 Å². The Morgan fingerprint density at radius 2 is 1.42 bits per heavy atom. The van der Waals surface area contributed by atoms with Crippen molar-refractivity contribution in [1.29, 1.82) is 0 Å². The third kappa shape index (κ3) is 38.1. The minimum Gasteiger partial charge on any atom is -0.790 e. The van der Waals surface area contributed by atoms with E-state index >= 15 is 0 Å². The maximum atomic E-state index is 8.77. The molecule has 0 aromatic heterocycles. The standard InChI is InChI=1S/C6H15N3.2H3O4P/c7-1-4-9-5-2-8-3-6-9;2*1-5(2,3)4/h8H,1-7H2;2*(H3,1,2,3,4). The zero-order chi connectivity index (χ0) is 15.5. The molecular formula is C6H21N3O8P2. The molecule has 0 atom stereocenters. The molecule has 0 radical (unpaired) electrons. The summed E-state index contributed by atoms with van der Waals surface area (Å²) < 4.78 is 17.4. The number of phosphoric acid groups is 2. The van der Waals surface area contributed by atoms with Crippen molar-refractivity contribution in [1.82, 2.24) is 0 Å². The average molecular weight is 325 g/mol. The van der Waals surface area contributed by atoms with Gasteiger partial charge in [0.05, 0.1) is 7.82 Å². The fourth-order valence-corrected chi connectivity index (χ4v) is 1.38. The Hall–Kier alpha value is 0.100. The highest BCUT2D eigenvalue weighted by Gasteiger charge is 2.13. The number of rotatable bonds is 2. The first-order valence-corrected chi connectivity index (χ1v) is 8.42. The highest BCUT2D eigenvalue weighted by Crippen LogP contribution is 2.18. The molecule has 0 bridgehead atoms. The van der Waals surface area contributed by atoms with Gasteiger partial charge < -0.3 is 49.9 Å². The molecule has 0 unspecified atom stereocenters. The van der Waals surface area contributed by atoms with Crippen LogP contribution in [0.2, 0.25) is 0 Å². The van der Waals surface area contributed by atoms with E-state index in [-0.39, 0.29) is 0 Å². The van der Waals surface area contributed by atoms with Crippen LogP contribution < -0.4 is 30.6 Å². The van der Waals surface area contributed by atoms with Gasteiger partial charge in [-0.15, -0.1) is 0 Å². The van der Waals surface area contributed by atoms with Crippen LogP contribution in [0.5, 0.6) is 0 Å². The van der Waals surface area contributed by atoms with Crippen molar-refractivity contribution in [3.63, 3.8) is 0 Å². The summed E-state index contributed by atoms with van der Waals surface area (Å²) >= 11 is 0. The number of nitrogens with two attached hydrogens (primary N) is 1. The van der Waals surface area contributed by atoms with E-state index in [0.717, 1.165) is 6.54 Å². The molecule has 1 heterocycles. The van der Waals surface area contributed by atoms with E-state index < -0.39 is 15.6 Å². The average Bonchev–Trinajstić information content (AvgIpc) is 2.14. The van der Waals surface area contributed by atoms with Crippen molar-refractivity contribution in [2.24, 2.45) is 0 Å². The highest BCUT2D eigenvalue weighted by molar-refractivity contribution is 7.43. The lowest BCUT2D eigenvalue weighted by atomic mass is 10.3. The molecule has 0 amide bonds. The van der Waals surface area contributed by atoms with Crippen LogP contribution in [0.1, 0.15) is 0 Å². The van der Waals surface area contributed by atoms with Crippen LogP contribution in [-0.2, 0) is 9.13 Å². The monoisotopic (exact) mass is 325 g/mol. The normalized spacial score (nSPS) is 16.8. The predicted octanol–water partition coefficient (Wildman–Crippen LogP) is -8.06. The molecular weight excluding hydrogens is 304 g/mol. The zero-order valence-corrected chi connectivity index (χ0v) is 12.1. The molecule has 0 aromatic rings. The van der Waals surface area contributed by atoms with Gasteiger partial charge in [0.2, 0.25) is 0 Å². The first-order chi connectivity index (χ1) is 8.43. The first kappa shape index (κ1) is 21.4. The van der Waals surface area contributed by atoms with Gasteiger partial charge in [0.25, 0.3) is 7.82 Å². The number of hydrogen-bond acceptors (Lipinski definition) is 5. The third-order valence-corrected chi connectivity index (χ3v) is 1.93. The van der Waals surface area contributed by atoms with Crippen molar-refractivity contribution in [2.75, 3.05) is 39.3 Å². The number of piperazine rings is 1. The van der Waals surface area contributed by atoms with Gasteiger partial charge in [-0.1, -0.05) is 0 Å². The van der Waals surface area contributed by atoms with E-state index in [0.29, 0.717) is 0 Å². The van der Waals surface area contributed by atoms with Crippen molar-refractivity contribution < 1.29 is 54.4 Å². The molecule has 1 aliphatic heterocycles. The molecule has 11 nitrogen and oxygen atoms in total. The quantitative estimate of drug-likeness (QED) is 0.267. The van der Waals surface area contributed by atoms with Gasteiger partial charge in [-0.25, -0.2) is 0 Å². The van der Waals surface area contributed by atoms with E-state index in [1.807, 2.05) is 0 Å². The Balaban J connectivity index is 0. The summed E-state index contributed by atoms with van der Waals surface area (Å²) in [5, 5.41) is 2.40. The molecule has 0 aliphatic carbocycles. The highest BCUT2D eigenvalue weighted by atomic mass is 31.2. The molecule has 0 spiro atoms. The van der Waals surface area contributed by atoms with E-state index in [9.17, 15) is 0 Å². The summed E-state index contributed by atoms with van der Waals surface area (Å²) in [5.74, 6) is 0. The number of hydrogen-bond donors (Lipinski definition) is 6. The van der Waals surface area contributed by atoms with Crippen molar-refractivity contribution >= 4 is 15.6 Å². The summed E-state index contributed by atoms with van der Waals surface area (Å²) in [7, 11) is -10.0. The Morgan fingerprint density at radius 1 is 1.11 bits per heavy atom. The molecule has 13 heteroatoms. The minimum absolute atomic E-state index is 1.09. The minimum atomic E-state index is -5.14. The maximum absolute atomic E-state index is 8.77. The lowest BCUT2D eigenvalue weighted by Crippen LogP contribution is -3.21. The zero-order valence-electron chi connectivity index (χ0n) is 10.3. The van der Waals surface area contributed by atoms with Gasteiger partial charge in [-0.05, 0) is 0 Å². The largest absolute Gasteiger partial charge is 0.790 e. The molecule has 1 rings (SSSR count). The smallest absolute Gasteiger partial charge is 0.262 e. The summed E-state index contributed by atoms with van der Waals surface area (Å²) in [6.45, 7) is 7.68. The number of quaternary nitrogens is 3. The number of nitrogens with one attached hydrogen (secondary N) is 1. The Kier molecular flexibility index (Phi) is 12.2. The fraction of sp³-hybridized carbons (Fsp3) is 1.00. The maximum Gasteiger partial charge on any atom is 0.262 e. The second-order valence-electron chi connectivity index (χ2n) is 3.68. The van der Waals surface area contributed by atoms with Gasteiger partial charge in [0.1, 0.15) is 39.3 Å². The van der Waals surface area contributed by atoms with Crippen LogP contribution in [0.4, 0.5) is 0 Å². The summed E-state index contributed by atoms with van der Waals surface area (Å²) in [4.78, 5) is 49.0. The predicted molar refractivity (Wildman–Crippen MR) is 56.8 cm³/mol. The van der Waals surface area contributed by atoms with Gasteiger partial charge in [0.15, 0.2) is 0 Å². The molecule has 1 aliphatic rings. The summed E-state index contributed by atoms with van der Waals surface area (Å²) in [6.07, 6.45) is 0. The van der Waals surface area contributed by atoms with Crippen LogP contribution in [0.3, 0.4) is 0 Å². The lowest BCUT2D eigenvalue weighted by Gasteiger charge is -2.20. The molecule has 0 aromatic carbocycles. The van der Waals surface area contributed by atoms with Crippen molar-refractivity contribution in [3.8, 4) is 0 Å². The SMILES string of the molecule is O=P([O-])(O)O.O=P([O-])([O-])O.[NH3+]CC[NH+]1CC[NH2+]CC1. The van der Waals surface area contributed by atoms with Crippen LogP contribution in [-0.4, -0.2) is 53.9 Å². The molecule has 19 heavy (non-hydrogen) atoms. The van der Waals surface area contributed by atoms with Crippen molar-refractivity contribution in [3.05, 3.63) is 0 Å². The summed E-state index contributed by atoms with van der Waals surface area (Å²) in [5.41, 5.74) is 3.85. The third-order valence-electron chi connectivity index (χ3n) is 1.93. The lowest BCUT2D eigenvalue weighted by molar-refractivity contribution is -0.950. The molecule has 1 saturated heterocycles. The van der Waals surface area contributed by atoms with Crippen LogP contribution >= 0.6 is 15.6 Å². The topological polar surface area (TPSA) is 213 Å². The Labute approximate surface area is 110 Å². The van der Waals surface area contributed by atoms with Crippen molar-refractivity contribution in [2.45, 2.75) is 0 Å². The van der Waals surface area contributed by atoms with Gasteiger partial charge >= 0.3 is 0 Å². The second-order valence-corrected chi connectivity index (χ2v) is 5.60. The second kappa shape index (κ2) is 10.8. The Morgan fingerprint density at radius 3 is 1.68 bits per heavy atom. The van der Waals surface area contributed by atoms with E-state index in [4.69, 9.17) is 38.5 Å². The Bertz CT molecular complexity index is 260. The molecule has 118 valence electrons. The van der Waals surface area contributed by atoms with Crippen LogP contribution in [0.25, 0.3) is 0 Å². The first-order valence-electron chi connectivity index (χ1n) is 5.39. The fourth-order valence-electron chi connectivity index (χ4n) is 1.38.